The molecule has 1 atom stereocenters. The van der Waals surface area contributed by atoms with Crippen LogP contribution in [0.4, 0.5) is 0 Å². The van der Waals surface area contributed by atoms with Gasteiger partial charge >= 0.3 is 0 Å². The van der Waals surface area contributed by atoms with E-state index in [0.29, 0.717) is 30.4 Å². The first-order valence-corrected chi connectivity index (χ1v) is 13.9. The summed E-state index contributed by atoms with van der Waals surface area (Å²) in [7, 11) is 1.65. The molecule has 37 heavy (non-hydrogen) atoms. The molecule has 1 aliphatic heterocycles. The van der Waals surface area contributed by atoms with Crippen LogP contribution in [0.15, 0.2) is 42.5 Å². The molecule has 1 aliphatic carbocycles. The van der Waals surface area contributed by atoms with Gasteiger partial charge in [0.05, 0.1) is 13.7 Å². The maximum absolute atomic E-state index is 11.8. The van der Waals surface area contributed by atoms with Crippen molar-refractivity contribution in [2.75, 3.05) is 26.8 Å². The standard InChI is InChI=1S/C31H42N2O4/c1-4-24-10-13-27(14-11-24)23(2)32(21-25-8-6-5-7-9-25)22-26-12-15-28(29(20-26)36-3)37-19-18-33-30(34)16-17-31(33)35/h10-15,20,23,25H,4-9,16-19,21-22H2,1-3H3. The Bertz CT molecular complexity index is 1030. The van der Waals surface area contributed by atoms with Crippen LogP contribution >= 0.6 is 0 Å². The van der Waals surface area contributed by atoms with E-state index in [1.807, 2.05) is 6.07 Å². The molecule has 200 valence electrons. The number of benzene rings is 2. The average Bonchev–Trinajstić information content (AvgIpc) is 3.25. The highest BCUT2D eigenvalue weighted by Crippen LogP contribution is 2.32. The summed E-state index contributed by atoms with van der Waals surface area (Å²) in [4.78, 5) is 27.6. The van der Waals surface area contributed by atoms with Crippen LogP contribution in [0, 0.1) is 5.92 Å². The Morgan fingerprint density at radius 3 is 2.27 bits per heavy atom. The summed E-state index contributed by atoms with van der Waals surface area (Å²) in [5.74, 6) is 1.81. The van der Waals surface area contributed by atoms with Gasteiger partial charge in [-0.2, -0.15) is 0 Å². The lowest BCUT2D eigenvalue weighted by Gasteiger charge is -2.34. The number of rotatable bonds is 12. The second-order valence-electron chi connectivity index (χ2n) is 10.5. The van der Waals surface area contributed by atoms with Crippen LogP contribution in [0.2, 0.25) is 0 Å². The summed E-state index contributed by atoms with van der Waals surface area (Å²) < 4.78 is 11.6. The number of likely N-dealkylation sites (tertiary alicyclic amines) is 1. The molecule has 2 aromatic rings. The van der Waals surface area contributed by atoms with E-state index in [4.69, 9.17) is 9.47 Å². The van der Waals surface area contributed by atoms with Crippen molar-refractivity contribution in [2.24, 2.45) is 5.92 Å². The Labute approximate surface area is 221 Å². The Morgan fingerprint density at radius 1 is 0.946 bits per heavy atom. The molecule has 0 N–H and O–H groups in total. The van der Waals surface area contributed by atoms with Crippen molar-refractivity contribution < 1.29 is 19.1 Å². The molecule has 6 nitrogen and oxygen atoms in total. The lowest BCUT2D eigenvalue weighted by molar-refractivity contribution is -0.138. The first-order chi connectivity index (χ1) is 18.0. The zero-order chi connectivity index (χ0) is 26.2. The van der Waals surface area contributed by atoms with Crippen LogP contribution in [-0.2, 0) is 22.6 Å². The van der Waals surface area contributed by atoms with Gasteiger partial charge in [0, 0.05) is 32.0 Å². The smallest absolute Gasteiger partial charge is 0.229 e. The number of nitrogens with zero attached hydrogens (tertiary/aromatic N) is 2. The molecule has 2 aliphatic rings. The van der Waals surface area contributed by atoms with Gasteiger partial charge in [-0.1, -0.05) is 56.5 Å². The van der Waals surface area contributed by atoms with Crippen LogP contribution in [0.25, 0.3) is 0 Å². The van der Waals surface area contributed by atoms with Gasteiger partial charge in [0.2, 0.25) is 11.8 Å². The zero-order valence-corrected chi connectivity index (χ0v) is 22.7. The van der Waals surface area contributed by atoms with Gasteiger partial charge in [-0.05, 0) is 60.9 Å². The molecule has 0 spiro atoms. The van der Waals surface area contributed by atoms with Crippen molar-refractivity contribution in [1.29, 1.82) is 0 Å². The van der Waals surface area contributed by atoms with E-state index < -0.39 is 0 Å². The minimum absolute atomic E-state index is 0.118. The number of carbonyl (C=O) groups is 2. The average molecular weight is 507 g/mol. The molecule has 0 aromatic heterocycles. The van der Waals surface area contributed by atoms with Crippen molar-refractivity contribution in [3.05, 3.63) is 59.2 Å². The highest BCUT2D eigenvalue weighted by Gasteiger charge is 2.28. The normalized spacial score (nSPS) is 17.5. The largest absolute Gasteiger partial charge is 0.493 e. The van der Waals surface area contributed by atoms with Crippen LogP contribution in [-0.4, -0.2) is 48.4 Å². The fourth-order valence-corrected chi connectivity index (χ4v) is 5.59. The molecule has 2 fully saturated rings. The van der Waals surface area contributed by atoms with E-state index in [9.17, 15) is 9.59 Å². The van der Waals surface area contributed by atoms with Gasteiger partial charge in [0.1, 0.15) is 6.61 Å². The van der Waals surface area contributed by atoms with E-state index >= 15 is 0 Å². The third-order valence-electron chi connectivity index (χ3n) is 7.98. The fraction of sp³-hybridized carbons (Fsp3) is 0.548. The summed E-state index contributed by atoms with van der Waals surface area (Å²) in [6.07, 6.45) is 8.33. The highest BCUT2D eigenvalue weighted by molar-refractivity contribution is 6.01. The molecule has 4 rings (SSSR count). The lowest BCUT2D eigenvalue weighted by Crippen LogP contribution is -2.33. The summed E-state index contributed by atoms with van der Waals surface area (Å²) >= 11 is 0. The molecule has 6 heteroatoms. The number of carbonyl (C=O) groups excluding carboxylic acids is 2. The van der Waals surface area contributed by atoms with Crippen LogP contribution in [0.3, 0.4) is 0 Å². The minimum atomic E-state index is -0.118. The summed E-state index contributed by atoms with van der Waals surface area (Å²) in [6, 6.07) is 15.5. The highest BCUT2D eigenvalue weighted by atomic mass is 16.5. The second kappa shape index (κ2) is 13.1. The number of methoxy groups -OCH3 is 1. The van der Waals surface area contributed by atoms with E-state index in [1.54, 1.807) is 7.11 Å². The van der Waals surface area contributed by atoms with Crippen molar-refractivity contribution in [3.63, 3.8) is 0 Å². The molecule has 2 amide bonds. The SMILES string of the molecule is CCc1ccc(C(C)N(Cc2ccc(OCCN3C(=O)CCC3=O)c(OC)c2)CC2CCCCC2)cc1. The molecule has 1 saturated heterocycles. The first-order valence-electron chi connectivity index (χ1n) is 13.9. The molecule has 1 saturated carbocycles. The molecule has 1 heterocycles. The van der Waals surface area contributed by atoms with Gasteiger partial charge in [0.15, 0.2) is 11.5 Å². The van der Waals surface area contributed by atoms with Crippen LogP contribution in [0.1, 0.15) is 81.5 Å². The van der Waals surface area contributed by atoms with Gasteiger partial charge in [0.25, 0.3) is 0 Å². The Balaban J connectivity index is 1.45. The Hall–Kier alpha value is -2.86. The third-order valence-corrected chi connectivity index (χ3v) is 7.98. The van der Waals surface area contributed by atoms with E-state index in [2.05, 4.69) is 55.1 Å². The maximum atomic E-state index is 11.8. The van der Waals surface area contributed by atoms with Gasteiger partial charge in [-0.15, -0.1) is 0 Å². The third kappa shape index (κ3) is 7.13. The summed E-state index contributed by atoms with van der Waals surface area (Å²) in [6.45, 7) is 6.97. The molecular weight excluding hydrogens is 464 g/mol. The first kappa shape index (κ1) is 27.2. The molecular formula is C31H42N2O4. The Morgan fingerprint density at radius 2 is 1.62 bits per heavy atom. The van der Waals surface area contributed by atoms with Crippen LogP contribution < -0.4 is 9.47 Å². The quantitative estimate of drug-likeness (QED) is 0.334. The number of aryl methyl sites for hydroxylation is 1. The van der Waals surface area contributed by atoms with E-state index in [-0.39, 0.29) is 25.0 Å². The Kier molecular flexibility index (Phi) is 9.62. The zero-order valence-electron chi connectivity index (χ0n) is 22.7. The van der Waals surface area contributed by atoms with Crippen molar-refractivity contribution in [1.82, 2.24) is 9.80 Å². The van der Waals surface area contributed by atoms with Gasteiger partial charge in [-0.25, -0.2) is 0 Å². The summed E-state index contributed by atoms with van der Waals surface area (Å²) in [5.41, 5.74) is 3.90. The number of imide groups is 1. The predicted molar refractivity (Wildman–Crippen MR) is 146 cm³/mol. The van der Waals surface area contributed by atoms with Crippen molar-refractivity contribution in [3.8, 4) is 11.5 Å². The second-order valence-corrected chi connectivity index (χ2v) is 10.5. The molecule has 0 radical (unpaired) electrons. The number of ether oxygens (including phenoxy) is 2. The van der Waals surface area contributed by atoms with E-state index in [0.717, 1.165) is 25.4 Å². The van der Waals surface area contributed by atoms with Gasteiger partial charge < -0.3 is 9.47 Å². The number of hydrogen-bond acceptors (Lipinski definition) is 5. The van der Waals surface area contributed by atoms with Crippen molar-refractivity contribution in [2.45, 2.75) is 77.8 Å². The van der Waals surface area contributed by atoms with Gasteiger partial charge in [-0.3, -0.25) is 19.4 Å². The maximum Gasteiger partial charge on any atom is 0.229 e. The number of amides is 2. The van der Waals surface area contributed by atoms with Crippen LogP contribution in [0.5, 0.6) is 11.5 Å². The fourth-order valence-electron chi connectivity index (χ4n) is 5.59. The number of hydrogen-bond donors (Lipinski definition) is 0. The molecule has 2 aromatic carbocycles. The minimum Gasteiger partial charge on any atom is -0.493 e. The topological polar surface area (TPSA) is 59.1 Å². The predicted octanol–water partition coefficient (Wildman–Crippen LogP) is 5.93. The monoisotopic (exact) mass is 506 g/mol. The lowest BCUT2D eigenvalue weighted by atomic mass is 9.88. The van der Waals surface area contributed by atoms with Crippen molar-refractivity contribution >= 4 is 11.8 Å². The molecule has 0 bridgehead atoms. The summed E-state index contributed by atoms with van der Waals surface area (Å²) in [5, 5.41) is 0. The molecule has 1 unspecified atom stereocenters. The van der Waals surface area contributed by atoms with E-state index in [1.165, 1.54) is 53.7 Å².